The lowest BCUT2D eigenvalue weighted by atomic mass is 10.0. The fourth-order valence-electron chi connectivity index (χ4n) is 3.53. The SMILES string of the molecule is CC[NH+](CC(=O)Nc1ccc(NC(C)=O)cc1)[C@H](C)C(=O)c1c[nH]c2ccccc12. The lowest BCUT2D eigenvalue weighted by Gasteiger charge is -2.23. The Kier molecular flexibility index (Phi) is 6.64. The van der Waals surface area contributed by atoms with Gasteiger partial charge < -0.3 is 20.5 Å². The highest BCUT2D eigenvalue weighted by atomic mass is 16.2. The third-order valence-electron chi connectivity index (χ3n) is 5.19. The number of carbonyl (C=O) groups is 3. The second-order valence-corrected chi connectivity index (χ2v) is 7.33. The number of aromatic amines is 1. The van der Waals surface area contributed by atoms with Gasteiger partial charge in [-0.25, -0.2) is 0 Å². The van der Waals surface area contributed by atoms with Gasteiger partial charge in [0, 0.05) is 41.0 Å². The maximum absolute atomic E-state index is 13.1. The molecule has 0 aliphatic rings. The zero-order chi connectivity index (χ0) is 21.7. The maximum atomic E-state index is 13.1. The summed E-state index contributed by atoms with van der Waals surface area (Å²) in [6, 6.07) is 14.3. The average Bonchev–Trinajstić information content (AvgIpc) is 3.16. The minimum absolute atomic E-state index is 0.0109. The van der Waals surface area contributed by atoms with E-state index >= 15 is 0 Å². The molecule has 156 valence electrons. The van der Waals surface area contributed by atoms with Gasteiger partial charge in [-0.15, -0.1) is 0 Å². The summed E-state index contributed by atoms with van der Waals surface area (Å²) in [6.45, 7) is 6.09. The summed E-state index contributed by atoms with van der Waals surface area (Å²) in [7, 11) is 0. The number of hydrogen-bond acceptors (Lipinski definition) is 3. The van der Waals surface area contributed by atoms with Gasteiger partial charge in [0.2, 0.25) is 11.7 Å². The molecule has 2 amide bonds. The summed E-state index contributed by atoms with van der Waals surface area (Å²) < 4.78 is 0. The molecule has 3 aromatic rings. The number of nitrogens with one attached hydrogen (secondary N) is 4. The van der Waals surface area contributed by atoms with Crippen molar-refractivity contribution < 1.29 is 19.3 Å². The van der Waals surface area contributed by atoms with Crippen LogP contribution in [0.15, 0.2) is 54.7 Å². The molecule has 0 spiro atoms. The third kappa shape index (κ3) is 4.93. The Balaban J connectivity index is 1.64. The van der Waals surface area contributed by atoms with Crippen molar-refractivity contribution in [1.29, 1.82) is 0 Å². The molecule has 0 aliphatic carbocycles. The minimum Gasteiger partial charge on any atom is -0.360 e. The molecule has 0 fully saturated rings. The number of likely N-dealkylation sites (N-methyl/N-ethyl adjacent to an activating group) is 1. The predicted octanol–water partition coefficient (Wildman–Crippen LogP) is 2.24. The van der Waals surface area contributed by atoms with Gasteiger partial charge in [0.1, 0.15) is 6.04 Å². The smallest absolute Gasteiger partial charge is 0.279 e. The molecule has 0 aliphatic heterocycles. The maximum Gasteiger partial charge on any atom is 0.279 e. The topological polar surface area (TPSA) is 95.5 Å². The number of Topliss-reactive ketones (excluding diaryl/α,β-unsaturated/α-hetero) is 1. The molecule has 1 unspecified atom stereocenters. The van der Waals surface area contributed by atoms with E-state index in [1.165, 1.54) is 6.92 Å². The number of fused-ring (bicyclic) bond motifs is 1. The standard InChI is InChI=1S/C23H26N4O3/c1-4-27(14-22(29)26-18-11-9-17(10-12-18)25-16(3)28)15(2)23(30)20-13-24-21-8-6-5-7-19(20)21/h5-13,15,24H,4,14H2,1-3H3,(H,25,28)(H,26,29)/p+1/t15-/m1/s1. The van der Waals surface area contributed by atoms with Crippen LogP contribution in [0.3, 0.4) is 0 Å². The summed E-state index contributed by atoms with van der Waals surface area (Å²) in [5, 5.41) is 6.44. The van der Waals surface area contributed by atoms with Crippen molar-refractivity contribution in [1.82, 2.24) is 4.98 Å². The monoisotopic (exact) mass is 407 g/mol. The van der Waals surface area contributed by atoms with Gasteiger partial charge in [0.05, 0.1) is 6.54 Å². The molecule has 1 heterocycles. The number of ketones is 1. The molecular formula is C23H27N4O3+. The van der Waals surface area contributed by atoms with Crippen molar-refractivity contribution in [2.24, 2.45) is 0 Å². The number of aromatic nitrogens is 1. The summed E-state index contributed by atoms with van der Waals surface area (Å²) in [5.74, 6) is -0.308. The quantitative estimate of drug-likeness (QED) is 0.431. The highest BCUT2D eigenvalue weighted by Gasteiger charge is 2.28. The van der Waals surface area contributed by atoms with Crippen molar-refractivity contribution in [2.45, 2.75) is 26.8 Å². The van der Waals surface area contributed by atoms with E-state index in [2.05, 4.69) is 15.6 Å². The van der Waals surface area contributed by atoms with E-state index in [-0.39, 0.29) is 30.2 Å². The zero-order valence-corrected chi connectivity index (χ0v) is 17.4. The molecular weight excluding hydrogens is 380 g/mol. The van der Waals surface area contributed by atoms with Crippen LogP contribution in [0.4, 0.5) is 11.4 Å². The fraction of sp³-hybridized carbons (Fsp3) is 0.261. The highest BCUT2D eigenvalue weighted by Crippen LogP contribution is 2.18. The number of para-hydroxylation sites is 1. The normalized spacial score (nSPS) is 12.9. The van der Waals surface area contributed by atoms with E-state index in [9.17, 15) is 14.4 Å². The van der Waals surface area contributed by atoms with E-state index in [4.69, 9.17) is 0 Å². The van der Waals surface area contributed by atoms with Gasteiger partial charge in [0.15, 0.2) is 6.54 Å². The summed E-state index contributed by atoms with van der Waals surface area (Å²) in [6.07, 6.45) is 1.74. The van der Waals surface area contributed by atoms with Crippen LogP contribution >= 0.6 is 0 Å². The molecule has 30 heavy (non-hydrogen) atoms. The molecule has 7 nitrogen and oxygen atoms in total. The molecule has 2 atom stereocenters. The number of amides is 2. The van der Waals surface area contributed by atoms with E-state index in [1.54, 1.807) is 30.5 Å². The second kappa shape index (κ2) is 9.37. The zero-order valence-electron chi connectivity index (χ0n) is 17.4. The van der Waals surface area contributed by atoms with Crippen LogP contribution in [-0.4, -0.2) is 41.7 Å². The van der Waals surface area contributed by atoms with Gasteiger partial charge in [0.25, 0.3) is 5.91 Å². The van der Waals surface area contributed by atoms with Crippen molar-refractivity contribution in [3.63, 3.8) is 0 Å². The molecule has 3 rings (SSSR count). The minimum atomic E-state index is -0.359. The highest BCUT2D eigenvalue weighted by molar-refractivity contribution is 6.09. The molecule has 0 saturated carbocycles. The lowest BCUT2D eigenvalue weighted by molar-refractivity contribution is -0.903. The predicted molar refractivity (Wildman–Crippen MR) is 118 cm³/mol. The van der Waals surface area contributed by atoms with E-state index < -0.39 is 0 Å². The fourth-order valence-corrected chi connectivity index (χ4v) is 3.53. The largest absolute Gasteiger partial charge is 0.360 e. The Morgan fingerprint density at radius 2 is 1.63 bits per heavy atom. The summed E-state index contributed by atoms with van der Waals surface area (Å²) >= 11 is 0. The van der Waals surface area contributed by atoms with Crippen molar-refractivity contribution in [2.75, 3.05) is 23.7 Å². The van der Waals surface area contributed by atoms with Gasteiger partial charge in [-0.05, 0) is 44.2 Å². The average molecular weight is 407 g/mol. The molecule has 0 bridgehead atoms. The van der Waals surface area contributed by atoms with Crippen LogP contribution in [0, 0.1) is 0 Å². The first-order valence-corrected chi connectivity index (χ1v) is 10.0. The number of hydrogen-bond donors (Lipinski definition) is 4. The van der Waals surface area contributed by atoms with Crippen LogP contribution < -0.4 is 15.5 Å². The van der Waals surface area contributed by atoms with Crippen molar-refractivity contribution in [3.05, 3.63) is 60.3 Å². The molecule has 7 heteroatoms. The lowest BCUT2D eigenvalue weighted by Crippen LogP contribution is -3.17. The van der Waals surface area contributed by atoms with Crippen LogP contribution in [0.25, 0.3) is 10.9 Å². The summed E-state index contributed by atoms with van der Waals surface area (Å²) in [5.41, 5.74) is 2.88. The van der Waals surface area contributed by atoms with Gasteiger partial charge in [-0.1, -0.05) is 18.2 Å². The summed E-state index contributed by atoms with van der Waals surface area (Å²) in [4.78, 5) is 40.7. The van der Waals surface area contributed by atoms with Crippen LogP contribution in [-0.2, 0) is 9.59 Å². The number of H-pyrrole nitrogens is 1. The van der Waals surface area contributed by atoms with E-state index in [0.717, 1.165) is 15.8 Å². The van der Waals surface area contributed by atoms with Crippen LogP contribution in [0.5, 0.6) is 0 Å². The van der Waals surface area contributed by atoms with Crippen LogP contribution in [0.1, 0.15) is 31.1 Å². The Labute approximate surface area is 175 Å². The Hall–Kier alpha value is -3.45. The van der Waals surface area contributed by atoms with Gasteiger partial charge in [-0.2, -0.15) is 0 Å². The van der Waals surface area contributed by atoms with E-state index in [1.807, 2.05) is 38.1 Å². The first kappa shape index (κ1) is 21.3. The molecule has 4 N–H and O–H groups in total. The molecule has 2 aromatic carbocycles. The van der Waals surface area contributed by atoms with Crippen molar-refractivity contribution >= 4 is 39.9 Å². The van der Waals surface area contributed by atoms with Gasteiger partial charge in [-0.3, -0.25) is 14.4 Å². The number of rotatable bonds is 8. The van der Waals surface area contributed by atoms with E-state index in [0.29, 0.717) is 23.5 Å². The number of carbonyl (C=O) groups excluding carboxylic acids is 3. The number of quaternary nitrogens is 1. The first-order chi connectivity index (χ1) is 14.4. The van der Waals surface area contributed by atoms with Crippen LogP contribution in [0.2, 0.25) is 0 Å². The van der Waals surface area contributed by atoms with Crippen molar-refractivity contribution in [3.8, 4) is 0 Å². The number of anilines is 2. The second-order valence-electron chi connectivity index (χ2n) is 7.33. The molecule has 1 aromatic heterocycles. The Morgan fingerprint density at radius 3 is 2.27 bits per heavy atom. The molecule has 0 saturated heterocycles. The number of benzene rings is 2. The Bertz CT molecular complexity index is 1060. The third-order valence-corrected chi connectivity index (χ3v) is 5.19. The van der Waals surface area contributed by atoms with Gasteiger partial charge >= 0.3 is 0 Å². The molecule has 0 radical (unpaired) electrons. The Morgan fingerprint density at radius 1 is 1.00 bits per heavy atom. The first-order valence-electron chi connectivity index (χ1n) is 10.0.